The average molecular weight is 841 g/mol. The molecule has 5 aromatic rings. The smallest absolute Gasteiger partial charge is 0.699 e. The molecule has 0 spiro atoms. The zero-order valence-corrected chi connectivity index (χ0v) is 34.4. The van der Waals surface area contributed by atoms with E-state index in [-0.39, 0.29) is 42.9 Å². The van der Waals surface area contributed by atoms with Crippen molar-refractivity contribution in [2.75, 3.05) is 5.32 Å². The second kappa shape index (κ2) is 21.6. The molecule has 5 N–H and O–H groups in total. The van der Waals surface area contributed by atoms with Crippen molar-refractivity contribution in [3.8, 4) is 11.4 Å². The van der Waals surface area contributed by atoms with Gasteiger partial charge in [0.1, 0.15) is 0 Å². The summed E-state index contributed by atoms with van der Waals surface area (Å²) >= 11 is 0. The van der Waals surface area contributed by atoms with Crippen molar-refractivity contribution in [3.05, 3.63) is 191 Å². The molecule has 0 amide bonds. The van der Waals surface area contributed by atoms with E-state index in [0.29, 0.717) is 22.5 Å². The second-order valence-corrected chi connectivity index (χ2v) is 12.1. The van der Waals surface area contributed by atoms with Gasteiger partial charge in [-0.05, 0) is 74.4 Å². The van der Waals surface area contributed by atoms with Crippen LogP contribution in [-0.2, 0) is 19.5 Å². The van der Waals surface area contributed by atoms with Crippen LogP contribution in [0.5, 0.6) is 0 Å². The third-order valence-electron chi connectivity index (χ3n) is 8.64. The van der Waals surface area contributed by atoms with Crippen LogP contribution in [0.1, 0.15) is 74.8 Å². The van der Waals surface area contributed by atoms with Crippen LogP contribution in [0, 0.1) is 0 Å². The van der Waals surface area contributed by atoms with Crippen LogP contribution in [-0.4, -0.2) is 25.6 Å². The molecule has 2 aliphatic heterocycles. The molecule has 8 rings (SSSR count). The minimum atomic E-state index is -0.238. The topological polar surface area (TPSA) is 164 Å². The van der Waals surface area contributed by atoms with Crippen LogP contribution < -0.4 is 11.1 Å². The molecule has 289 valence electrons. The van der Waals surface area contributed by atoms with Crippen LogP contribution in [0.15, 0.2) is 151 Å². The van der Waals surface area contributed by atoms with Crippen LogP contribution in [0.25, 0.3) is 46.0 Å². The summed E-state index contributed by atoms with van der Waals surface area (Å²) in [6.45, 7) is 9.74. The number of rotatable bonds is 5. The quantitative estimate of drug-likeness (QED) is 0.167. The molecule has 11 heteroatoms. The van der Waals surface area contributed by atoms with Crippen molar-refractivity contribution in [2.24, 2.45) is 10.7 Å². The molecule has 10 nitrogen and oxygen atoms in total. The molecule has 0 saturated heterocycles. The number of pyridine rings is 4. The molecular formula is C46H47N10Ru. The number of aromatic nitrogens is 4. The first-order valence-corrected chi connectivity index (χ1v) is 18.6. The summed E-state index contributed by atoms with van der Waals surface area (Å²) in [5.41, 5.74) is 33.4. The van der Waals surface area contributed by atoms with Crippen LogP contribution >= 0.6 is 0 Å². The van der Waals surface area contributed by atoms with Crippen LogP contribution in [0.3, 0.4) is 0 Å². The van der Waals surface area contributed by atoms with Gasteiger partial charge in [0.15, 0.2) is 0 Å². The number of anilines is 1. The van der Waals surface area contributed by atoms with Gasteiger partial charge >= 0.3 is 19.5 Å². The Labute approximate surface area is 349 Å². The molecule has 2 unspecified atom stereocenters. The van der Waals surface area contributed by atoms with Gasteiger partial charge < -0.3 is 27.8 Å². The minimum Gasteiger partial charge on any atom is -0.699 e. The van der Waals surface area contributed by atoms with Crippen LogP contribution in [0.4, 0.5) is 22.7 Å². The first-order valence-electron chi connectivity index (χ1n) is 18.6. The van der Waals surface area contributed by atoms with Gasteiger partial charge in [-0.2, -0.15) is 6.20 Å². The van der Waals surface area contributed by atoms with Crippen molar-refractivity contribution >= 4 is 46.3 Å². The normalized spacial score (nSPS) is 15.8. The monoisotopic (exact) mass is 841 g/mol. The van der Waals surface area contributed by atoms with Gasteiger partial charge in [0, 0.05) is 41.6 Å². The molecule has 57 heavy (non-hydrogen) atoms. The maximum Gasteiger partial charge on any atom is 3.00 e. The maximum atomic E-state index is 8.56. The molecule has 0 fully saturated rings. The van der Waals surface area contributed by atoms with Gasteiger partial charge in [-0.25, -0.2) is 4.99 Å². The number of aliphatic imine (C=N–C) groups is 1. The fourth-order valence-corrected chi connectivity index (χ4v) is 6.19. The third-order valence-corrected chi connectivity index (χ3v) is 8.64. The van der Waals surface area contributed by atoms with E-state index in [2.05, 4.69) is 30.6 Å². The Morgan fingerprint density at radius 2 is 1.30 bits per heavy atom. The SMILES string of the molecule is C/C=C\C1=C(N)c2ncccc2C2Nc3c(/C=C\C)c([NH-])c([NH-])c(/C=C\C)c3N=C12.C1=C[N-]C(c2ccccn2)C=C1.CC.[Ru+3].c1ccc(-c2ccccn2)nc1. The van der Waals surface area contributed by atoms with Gasteiger partial charge in [-0.3, -0.25) is 19.9 Å². The molecule has 0 bridgehead atoms. The van der Waals surface area contributed by atoms with E-state index in [0.717, 1.165) is 45.3 Å². The summed E-state index contributed by atoms with van der Waals surface area (Å²) in [4.78, 5) is 22.1. The molecule has 3 aliphatic rings. The Morgan fingerprint density at radius 3 is 1.86 bits per heavy atom. The van der Waals surface area contributed by atoms with Crippen molar-refractivity contribution in [1.82, 2.24) is 19.9 Å². The van der Waals surface area contributed by atoms with Gasteiger partial charge in [-0.1, -0.05) is 98.8 Å². The number of fused-ring (bicyclic) bond motifs is 4. The van der Waals surface area contributed by atoms with Crippen LogP contribution in [0.2, 0.25) is 0 Å². The average Bonchev–Trinajstić information content (AvgIpc) is 3.27. The van der Waals surface area contributed by atoms with E-state index in [1.54, 1.807) is 31.0 Å². The number of nitrogens with zero attached hydrogens (tertiary/aromatic N) is 6. The van der Waals surface area contributed by atoms with E-state index < -0.39 is 0 Å². The first kappa shape index (κ1) is 43.3. The summed E-state index contributed by atoms with van der Waals surface area (Å²) in [6, 6.07) is 21.2. The number of allylic oxidation sites excluding steroid dienone is 6. The minimum absolute atomic E-state index is 0. The Morgan fingerprint density at radius 1 is 0.702 bits per heavy atom. The Balaban J connectivity index is 0.000000218. The fourth-order valence-electron chi connectivity index (χ4n) is 6.19. The molecule has 0 saturated carbocycles. The van der Waals surface area contributed by atoms with Crippen molar-refractivity contribution < 1.29 is 19.5 Å². The van der Waals surface area contributed by atoms with E-state index >= 15 is 0 Å². The Kier molecular flexibility index (Phi) is 16.4. The zero-order valence-electron chi connectivity index (χ0n) is 32.7. The molecule has 1 aliphatic carbocycles. The van der Waals surface area contributed by atoms with Crippen molar-refractivity contribution in [2.45, 2.75) is 46.7 Å². The third kappa shape index (κ3) is 10.1. The summed E-state index contributed by atoms with van der Waals surface area (Å²) in [7, 11) is 0. The largest absolute Gasteiger partial charge is 3.00 e. The number of nitrogens with one attached hydrogen (secondary N) is 3. The second-order valence-electron chi connectivity index (χ2n) is 12.1. The summed E-state index contributed by atoms with van der Waals surface area (Å²) < 4.78 is 0. The van der Waals surface area contributed by atoms with Gasteiger partial charge in [0.2, 0.25) is 0 Å². The van der Waals surface area contributed by atoms with Crippen molar-refractivity contribution in [1.29, 1.82) is 0 Å². The van der Waals surface area contributed by atoms with Gasteiger partial charge in [0.25, 0.3) is 0 Å². The first-order chi connectivity index (χ1) is 27.5. The molecule has 1 radical (unpaired) electrons. The Hall–Kier alpha value is -6.45. The number of benzene rings is 1. The van der Waals surface area contributed by atoms with E-state index in [1.165, 1.54) is 0 Å². The summed E-state index contributed by atoms with van der Waals surface area (Å²) in [5.74, 6) is 0. The molecule has 2 atom stereocenters. The summed E-state index contributed by atoms with van der Waals surface area (Å²) in [5, 5.41) is 7.87. The number of nitrogens with two attached hydrogens (primary N) is 1. The predicted molar refractivity (Wildman–Crippen MR) is 235 cm³/mol. The van der Waals surface area contributed by atoms with Gasteiger partial charge in [0.05, 0.1) is 45.9 Å². The Bertz CT molecular complexity index is 2260. The summed E-state index contributed by atoms with van der Waals surface area (Å²) in [6.07, 6.45) is 26.1. The molecule has 6 heterocycles. The molecule has 1 aromatic carbocycles. The maximum absolute atomic E-state index is 8.56. The zero-order chi connectivity index (χ0) is 39.9. The predicted octanol–water partition coefficient (Wildman–Crippen LogP) is 12.8. The molecule has 4 aromatic heterocycles. The van der Waals surface area contributed by atoms with E-state index in [9.17, 15) is 0 Å². The van der Waals surface area contributed by atoms with Gasteiger partial charge in [-0.15, -0.1) is 11.4 Å². The van der Waals surface area contributed by atoms with E-state index in [4.69, 9.17) is 22.2 Å². The fraction of sp³-hybridized carbons (Fsp3) is 0.152. The number of hydrogen-bond acceptors (Lipinski definition) is 7. The number of hydrogen-bond donors (Lipinski definition) is 2. The van der Waals surface area contributed by atoms with Crippen molar-refractivity contribution in [3.63, 3.8) is 0 Å². The standard InChI is InChI=1S/C24H24N6.C10H9N2.C10H8N2.C2H6.Ru/c1-4-8-13-17(25)18(26)14(9-5-2)22-21(13)29-23-15(10-6-3)19(27)20-16(24(23)30-22)11-7-12-28-20;2*1-3-7-11-9(5-1)10-6-2-4-8-12-10;1-2;/h4-12,24-26,30H,27H2,1-3H3;1-9H;1-8H;1-2H3;/q-2;-1;;;+3/b8-4-,9-5-,10-6-;;;;. The molecular weight excluding hydrogens is 794 g/mol. The van der Waals surface area contributed by atoms with E-state index in [1.807, 2.05) is 156 Å².